The SMILES string of the molecule is COC(=O)CCN(C)CCc1ccc([N+](=O)[O-])cc1. The summed E-state index contributed by atoms with van der Waals surface area (Å²) in [6.07, 6.45) is 1.16. The topological polar surface area (TPSA) is 72.7 Å². The second kappa shape index (κ2) is 7.48. The minimum absolute atomic E-state index is 0.0998. The molecule has 0 saturated heterocycles. The zero-order valence-corrected chi connectivity index (χ0v) is 11.2. The zero-order chi connectivity index (χ0) is 14.3. The van der Waals surface area contributed by atoms with Crippen LogP contribution in [0, 0.1) is 10.1 Å². The number of ether oxygens (including phenoxy) is 1. The van der Waals surface area contributed by atoms with E-state index >= 15 is 0 Å². The lowest BCUT2D eigenvalue weighted by Crippen LogP contribution is -2.24. The first-order valence-electron chi connectivity index (χ1n) is 6.01. The molecule has 1 aromatic carbocycles. The highest BCUT2D eigenvalue weighted by Gasteiger charge is 2.06. The molecule has 0 spiro atoms. The van der Waals surface area contributed by atoms with Crippen molar-refractivity contribution in [2.24, 2.45) is 0 Å². The van der Waals surface area contributed by atoms with E-state index in [1.165, 1.54) is 19.2 Å². The Balaban J connectivity index is 2.35. The zero-order valence-electron chi connectivity index (χ0n) is 11.2. The summed E-state index contributed by atoms with van der Waals surface area (Å²) in [5.41, 5.74) is 1.14. The maximum Gasteiger partial charge on any atom is 0.306 e. The summed E-state index contributed by atoms with van der Waals surface area (Å²) in [5.74, 6) is -0.220. The van der Waals surface area contributed by atoms with Crippen LogP contribution in [0.15, 0.2) is 24.3 Å². The van der Waals surface area contributed by atoms with Gasteiger partial charge in [0.25, 0.3) is 5.69 Å². The van der Waals surface area contributed by atoms with Gasteiger partial charge in [0.05, 0.1) is 18.5 Å². The molecule has 0 aliphatic carbocycles. The van der Waals surface area contributed by atoms with E-state index in [4.69, 9.17) is 0 Å². The third-order valence-electron chi connectivity index (χ3n) is 2.85. The van der Waals surface area contributed by atoms with Gasteiger partial charge in [0.1, 0.15) is 0 Å². The average molecular weight is 266 g/mol. The largest absolute Gasteiger partial charge is 0.469 e. The van der Waals surface area contributed by atoms with Crippen LogP contribution in [0.4, 0.5) is 5.69 Å². The standard InChI is InChI=1S/C13H18N2O4/c1-14(10-8-13(16)19-2)9-7-11-3-5-12(6-4-11)15(17)18/h3-6H,7-10H2,1-2H3. The second-order valence-electron chi connectivity index (χ2n) is 4.30. The summed E-state index contributed by atoms with van der Waals surface area (Å²) < 4.78 is 4.57. The molecule has 0 amide bonds. The molecule has 19 heavy (non-hydrogen) atoms. The Bertz CT molecular complexity index is 431. The minimum Gasteiger partial charge on any atom is -0.469 e. The first-order chi connectivity index (χ1) is 9.02. The Labute approximate surface area is 112 Å². The number of nitrogens with zero attached hydrogens (tertiary/aromatic N) is 2. The lowest BCUT2D eigenvalue weighted by atomic mass is 10.1. The fraction of sp³-hybridized carbons (Fsp3) is 0.462. The van der Waals surface area contributed by atoms with Gasteiger partial charge in [-0.25, -0.2) is 0 Å². The third-order valence-corrected chi connectivity index (χ3v) is 2.85. The van der Waals surface area contributed by atoms with Gasteiger partial charge in [0.2, 0.25) is 0 Å². The second-order valence-corrected chi connectivity index (χ2v) is 4.30. The van der Waals surface area contributed by atoms with Crippen LogP contribution in [0.2, 0.25) is 0 Å². The molecule has 0 radical (unpaired) electrons. The van der Waals surface area contributed by atoms with Gasteiger partial charge in [-0.1, -0.05) is 12.1 Å². The summed E-state index contributed by atoms with van der Waals surface area (Å²) in [5, 5.41) is 10.5. The van der Waals surface area contributed by atoms with Crippen molar-refractivity contribution in [2.45, 2.75) is 12.8 Å². The van der Waals surface area contributed by atoms with Crippen molar-refractivity contribution in [3.05, 3.63) is 39.9 Å². The number of carbonyl (C=O) groups excluding carboxylic acids is 1. The molecule has 0 atom stereocenters. The predicted molar refractivity (Wildman–Crippen MR) is 70.9 cm³/mol. The van der Waals surface area contributed by atoms with Crippen LogP contribution < -0.4 is 0 Å². The van der Waals surface area contributed by atoms with Crippen molar-refractivity contribution in [3.8, 4) is 0 Å². The number of carbonyl (C=O) groups is 1. The van der Waals surface area contributed by atoms with E-state index < -0.39 is 4.92 Å². The lowest BCUT2D eigenvalue weighted by Gasteiger charge is -2.15. The number of nitro groups is 1. The van der Waals surface area contributed by atoms with Gasteiger partial charge in [-0.15, -0.1) is 0 Å². The Kier molecular flexibility index (Phi) is 5.95. The molecule has 1 rings (SSSR count). The number of esters is 1. The average Bonchev–Trinajstić information content (AvgIpc) is 2.42. The number of non-ortho nitro benzene ring substituents is 1. The molecule has 0 N–H and O–H groups in total. The molecule has 0 bridgehead atoms. The van der Waals surface area contributed by atoms with Crippen LogP contribution in [-0.4, -0.2) is 43.0 Å². The normalized spacial score (nSPS) is 10.5. The Morgan fingerprint density at radius 3 is 2.47 bits per heavy atom. The molecular weight excluding hydrogens is 248 g/mol. The van der Waals surface area contributed by atoms with Crippen LogP contribution in [0.25, 0.3) is 0 Å². The summed E-state index contributed by atoms with van der Waals surface area (Å²) in [4.78, 5) is 23.1. The molecule has 6 heteroatoms. The van der Waals surface area contributed by atoms with Crippen LogP contribution >= 0.6 is 0 Å². The van der Waals surface area contributed by atoms with E-state index in [0.29, 0.717) is 13.0 Å². The number of benzene rings is 1. The third kappa shape index (κ3) is 5.48. The quantitative estimate of drug-likeness (QED) is 0.426. The van der Waals surface area contributed by atoms with Crippen molar-refractivity contribution in [3.63, 3.8) is 0 Å². The van der Waals surface area contributed by atoms with Crippen LogP contribution in [0.3, 0.4) is 0 Å². The molecule has 0 aliphatic rings. The smallest absolute Gasteiger partial charge is 0.306 e. The number of rotatable bonds is 7. The highest BCUT2D eigenvalue weighted by atomic mass is 16.6. The Hall–Kier alpha value is -1.95. The molecule has 104 valence electrons. The number of methoxy groups -OCH3 is 1. The maximum absolute atomic E-state index is 11.0. The van der Waals surface area contributed by atoms with Crippen molar-refractivity contribution in [2.75, 3.05) is 27.2 Å². The molecule has 0 saturated carbocycles. The molecule has 0 aliphatic heterocycles. The molecule has 0 unspecified atom stereocenters. The van der Waals surface area contributed by atoms with Gasteiger partial charge >= 0.3 is 5.97 Å². The fourth-order valence-electron chi connectivity index (χ4n) is 1.60. The molecule has 0 fully saturated rings. The highest BCUT2D eigenvalue weighted by Crippen LogP contribution is 2.12. The van der Waals surface area contributed by atoms with E-state index in [9.17, 15) is 14.9 Å². The van der Waals surface area contributed by atoms with Crippen molar-refractivity contribution in [1.82, 2.24) is 4.90 Å². The van der Waals surface area contributed by atoms with Gasteiger partial charge < -0.3 is 9.64 Å². The number of hydrogen-bond donors (Lipinski definition) is 0. The van der Waals surface area contributed by atoms with E-state index in [1.54, 1.807) is 12.1 Å². The molecule has 1 aromatic rings. The van der Waals surface area contributed by atoms with E-state index in [0.717, 1.165) is 18.5 Å². The molecule has 6 nitrogen and oxygen atoms in total. The summed E-state index contributed by atoms with van der Waals surface area (Å²) in [6.45, 7) is 1.43. The molecular formula is C13H18N2O4. The number of likely N-dealkylation sites (N-methyl/N-ethyl adjacent to an activating group) is 1. The van der Waals surface area contributed by atoms with Gasteiger partial charge in [0.15, 0.2) is 0 Å². The maximum atomic E-state index is 11.0. The number of hydrogen-bond acceptors (Lipinski definition) is 5. The van der Waals surface area contributed by atoms with E-state index in [2.05, 4.69) is 4.74 Å². The van der Waals surface area contributed by atoms with Gasteiger partial charge in [-0.05, 0) is 19.0 Å². The summed E-state index contributed by atoms with van der Waals surface area (Å²) in [7, 11) is 3.30. The lowest BCUT2D eigenvalue weighted by molar-refractivity contribution is -0.384. The van der Waals surface area contributed by atoms with Crippen LogP contribution in [0.5, 0.6) is 0 Å². The van der Waals surface area contributed by atoms with Gasteiger partial charge in [-0.3, -0.25) is 14.9 Å². The molecule has 0 aromatic heterocycles. The monoisotopic (exact) mass is 266 g/mol. The summed E-state index contributed by atoms with van der Waals surface area (Å²) in [6, 6.07) is 6.52. The van der Waals surface area contributed by atoms with Gasteiger partial charge in [-0.2, -0.15) is 0 Å². The first-order valence-corrected chi connectivity index (χ1v) is 6.01. The minimum atomic E-state index is -0.410. The van der Waals surface area contributed by atoms with Gasteiger partial charge in [0, 0.05) is 25.2 Å². The summed E-state index contributed by atoms with van der Waals surface area (Å²) >= 11 is 0. The van der Waals surface area contributed by atoms with Crippen molar-refractivity contribution in [1.29, 1.82) is 0 Å². The van der Waals surface area contributed by atoms with Crippen LogP contribution in [-0.2, 0) is 16.0 Å². The first kappa shape index (κ1) is 15.1. The highest BCUT2D eigenvalue weighted by molar-refractivity contribution is 5.69. The van der Waals surface area contributed by atoms with Crippen LogP contribution in [0.1, 0.15) is 12.0 Å². The predicted octanol–water partition coefficient (Wildman–Crippen LogP) is 1.63. The molecule has 0 heterocycles. The van der Waals surface area contributed by atoms with E-state index in [-0.39, 0.29) is 11.7 Å². The Morgan fingerprint density at radius 2 is 1.95 bits per heavy atom. The van der Waals surface area contributed by atoms with E-state index in [1.807, 2.05) is 11.9 Å². The van der Waals surface area contributed by atoms with Crippen molar-refractivity contribution < 1.29 is 14.5 Å². The Morgan fingerprint density at radius 1 is 1.32 bits per heavy atom. The fourth-order valence-corrected chi connectivity index (χ4v) is 1.60. The number of nitro benzene ring substituents is 1. The van der Waals surface area contributed by atoms with Crippen molar-refractivity contribution >= 4 is 11.7 Å².